The van der Waals surface area contributed by atoms with Crippen LogP contribution in [0.2, 0.25) is 0 Å². The average molecular weight is 679 g/mol. The first-order valence-electron chi connectivity index (χ1n) is 12.8. The zero-order valence-corrected chi connectivity index (χ0v) is 24.2. The highest BCUT2D eigenvalue weighted by molar-refractivity contribution is 14.1. The van der Waals surface area contributed by atoms with Gasteiger partial charge in [-0.25, -0.2) is 4.79 Å². The first kappa shape index (κ1) is 28.6. The Morgan fingerprint density at radius 3 is 2.50 bits per heavy atom. The van der Waals surface area contributed by atoms with Gasteiger partial charge in [0.1, 0.15) is 11.5 Å². The van der Waals surface area contributed by atoms with Crippen molar-refractivity contribution in [1.29, 1.82) is 0 Å². The van der Waals surface area contributed by atoms with Crippen molar-refractivity contribution in [3.8, 4) is 23.0 Å². The Morgan fingerprint density at radius 2 is 1.69 bits per heavy atom. The lowest BCUT2D eigenvalue weighted by Crippen LogP contribution is -2.30. The molecule has 5 rings (SSSR count). The van der Waals surface area contributed by atoms with E-state index in [9.17, 15) is 14.7 Å². The lowest BCUT2D eigenvalue weighted by atomic mass is 10.0. The molecule has 0 spiro atoms. The van der Waals surface area contributed by atoms with Gasteiger partial charge in [-0.1, -0.05) is 30.3 Å². The van der Waals surface area contributed by atoms with Gasteiger partial charge in [0.25, 0.3) is 0 Å². The van der Waals surface area contributed by atoms with Crippen molar-refractivity contribution >= 4 is 51.7 Å². The van der Waals surface area contributed by atoms with Crippen LogP contribution in [-0.4, -0.2) is 30.0 Å². The van der Waals surface area contributed by atoms with Crippen LogP contribution in [0.3, 0.4) is 0 Å². The van der Waals surface area contributed by atoms with Crippen molar-refractivity contribution in [3.05, 3.63) is 112 Å². The van der Waals surface area contributed by atoms with Crippen LogP contribution in [0.25, 0.3) is 0 Å². The Bertz CT molecular complexity index is 1610. The number of nitrogen functional groups attached to an aromatic ring is 1. The molecule has 0 radical (unpaired) electrons. The number of fused-ring (bicyclic) bond motifs is 1. The number of carbonyl (C=O) groups is 2. The molecule has 0 bridgehead atoms. The summed E-state index contributed by atoms with van der Waals surface area (Å²) in [5, 5.41) is 16.2. The number of phenolic OH excluding ortho intramolecular Hbond substituents is 1. The average Bonchev–Trinajstić information content (AvgIpc) is 3.45. The van der Waals surface area contributed by atoms with Crippen molar-refractivity contribution in [3.63, 3.8) is 0 Å². The lowest BCUT2D eigenvalue weighted by molar-refractivity contribution is -0.112. The number of benzene rings is 4. The van der Waals surface area contributed by atoms with E-state index >= 15 is 0 Å². The normalized spacial score (nSPS) is 13.3. The number of carbonyl (C=O) groups excluding carboxylic acids is 2. The van der Waals surface area contributed by atoms with Crippen molar-refractivity contribution < 1.29 is 33.6 Å². The first-order chi connectivity index (χ1) is 20.4. The summed E-state index contributed by atoms with van der Waals surface area (Å²) >= 11 is 2.09. The van der Waals surface area contributed by atoms with Gasteiger partial charge in [0.15, 0.2) is 23.7 Å². The van der Waals surface area contributed by atoms with Crippen LogP contribution in [0.15, 0.2) is 103 Å². The van der Waals surface area contributed by atoms with E-state index in [0.29, 0.717) is 34.3 Å². The Balaban J connectivity index is 1.45. The molecule has 10 nitrogen and oxygen atoms in total. The fourth-order valence-corrected chi connectivity index (χ4v) is 4.64. The number of ether oxygens (including phenoxy) is 4. The summed E-state index contributed by atoms with van der Waals surface area (Å²) in [4.78, 5) is 26.1. The fraction of sp³-hybridized carbons (Fsp3) is 0.0968. The van der Waals surface area contributed by atoms with Gasteiger partial charge in [0, 0.05) is 27.0 Å². The summed E-state index contributed by atoms with van der Waals surface area (Å²) in [7, 11) is 0. The molecule has 0 saturated heterocycles. The van der Waals surface area contributed by atoms with E-state index in [2.05, 4.69) is 33.2 Å². The van der Waals surface area contributed by atoms with Gasteiger partial charge in [-0.3, -0.25) is 10.1 Å². The first-order valence-corrected chi connectivity index (χ1v) is 13.8. The summed E-state index contributed by atoms with van der Waals surface area (Å²) in [5.41, 5.74) is 7.49. The number of aromatic hydroxyl groups is 1. The van der Waals surface area contributed by atoms with Crippen LogP contribution < -0.4 is 30.6 Å². The molecule has 11 heteroatoms. The number of hydrogen-bond acceptors (Lipinski definition) is 8. The van der Waals surface area contributed by atoms with Crippen LogP contribution in [0.5, 0.6) is 23.0 Å². The zero-order chi connectivity index (χ0) is 29.5. The second-order valence-corrected chi connectivity index (χ2v) is 10.3. The quantitative estimate of drug-likeness (QED) is 0.0926. The van der Waals surface area contributed by atoms with E-state index in [1.807, 2.05) is 6.07 Å². The summed E-state index contributed by atoms with van der Waals surface area (Å²) in [6.07, 6.45) is -0.331. The van der Waals surface area contributed by atoms with Gasteiger partial charge in [-0.05, 0) is 83.3 Å². The standard InChI is InChI=1S/C31H26IN3O7/c32-19-10-12-25(36)22(16-19)30(42-31(38)34-20-11-13-26-28(17-20)40-18-39-26)27(41-21-6-2-1-3-7-21)14-15-29(37)35-24-9-5-4-8-23(24)33/h1-17,27,30,36H,18,33H2,(H,34,38)(H,35,37)/b15-14+/t27-,30-/m1/s1. The SMILES string of the molecule is Nc1ccccc1NC(=O)/C=C/[C@@H](Oc1ccccc1)[C@H](OC(=O)Nc1ccc2c(c1)OCO2)c1cc(I)ccc1O. The molecule has 214 valence electrons. The Kier molecular flexibility index (Phi) is 8.97. The number of hydrogen-bond donors (Lipinski definition) is 4. The third-order valence-electron chi connectivity index (χ3n) is 6.12. The molecule has 0 saturated carbocycles. The number of para-hydroxylation sites is 3. The number of phenols is 1. The molecule has 0 fully saturated rings. The zero-order valence-electron chi connectivity index (χ0n) is 22.0. The number of nitrogens with one attached hydrogen (secondary N) is 2. The molecule has 1 heterocycles. The maximum absolute atomic E-state index is 13.2. The largest absolute Gasteiger partial charge is 0.508 e. The second kappa shape index (κ2) is 13.2. The topological polar surface area (TPSA) is 141 Å². The summed E-state index contributed by atoms with van der Waals surface area (Å²) in [6.45, 7) is 0.0898. The third kappa shape index (κ3) is 7.23. The van der Waals surface area contributed by atoms with Gasteiger partial charge in [-0.2, -0.15) is 0 Å². The molecule has 4 aromatic carbocycles. The monoisotopic (exact) mass is 679 g/mol. The van der Waals surface area contributed by atoms with E-state index in [0.717, 1.165) is 3.57 Å². The molecule has 2 amide bonds. The molecule has 2 atom stereocenters. The Hall–Kier alpha value is -4.91. The van der Waals surface area contributed by atoms with Crippen LogP contribution >= 0.6 is 22.6 Å². The van der Waals surface area contributed by atoms with Crippen LogP contribution in [0, 0.1) is 3.57 Å². The van der Waals surface area contributed by atoms with Crippen molar-refractivity contribution in [1.82, 2.24) is 0 Å². The predicted molar refractivity (Wildman–Crippen MR) is 166 cm³/mol. The second-order valence-electron chi connectivity index (χ2n) is 9.05. The van der Waals surface area contributed by atoms with Gasteiger partial charge in [0.05, 0.1) is 11.4 Å². The molecule has 0 unspecified atom stereocenters. The molecule has 1 aliphatic rings. The summed E-state index contributed by atoms with van der Waals surface area (Å²) in [5.74, 6) is 0.901. The van der Waals surface area contributed by atoms with Crippen LogP contribution in [-0.2, 0) is 9.53 Å². The maximum Gasteiger partial charge on any atom is 0.412 e. The summed E-state index contributed by atoms with van der Waals surface area (Å²) in [6, 6.07) is 25.5. The minimum Gasteiger partial charge on any atom is -0.508 e. The fourth-order valence-electron chi connectivity index (χ4n) is 4.12. The van der Waals surface area contributed by atoms with Crippen molar-refractivity contribution in [2.45, 2.75) is 12.2 Å². The minimum atomic E-state index is -1.18. The maximum atomic E-state index is 13.2. The molecule has 4 aromatic rings. The minimum absolute atomic E-state index is 0.0898. The number of halogens is 1. The van der Waals surface area contributed by atoms with E-state index < -0.39 is 24.2 Å². The molecule has 5 N–H and O–H groups in total. The van der Waals surface area contributed by atoms with Gasteiger partial charge >= 0.3 is 6.09 Å². The number of rotatable bonds is 9. The predicted octanol–water partition coefficient (Wildman–Crippen LogP) is 6.24. The van der Waals surface area contributed by atoms with E-state index in [1.165, 1.54) is 18.2 Å². The van der Waals surface area contributed by atoms with Gasteiger partial charge in [0.2, 0.25) is 12.7 Å². The molecule has 42 heavy (non-hydrogen) atoms. The number of anilines is 3. The lowest BCUT2D eigenvalue weighted by Gasteiger charge is -2.27. The van der Waals surface area contributed by atoms with Crippen LogP contribution in [0.4, 0.5) is 21.9 Å². The van der Waals surface area contributed by atoms with Gasteiger partial charge < -0.3 is 35.1 Å². The highest BCUT2D eigenvalue weighted by Crippen LogP contribution is 2.36. The van der Waals surface area contributed by atoms with E-state index in [4.69, 9.17) is 24.7 Å². The third-order valence-corrected chi connectivity index (χ3v) is 6.79. The molecule has 0 aliphatic carbocycles. The Labute approximate surface area is 255 Å². The highest BCUT2D eigenvalue weighted by Gasteiger charge is 2.30. The molecule has 0 aromatic heterocycles. The highest BCUT2D eigenvalue weighted by atomic mass is 127. The molecular weight excluding hydrogens is 653 g/mol. The van der Waals surface area contributed by atoms with E-state index in [-0.39, 0.29) is 18.1 Å². The number of amides is 2. The van der Waals surface area contributed by atoms with Crippen molar-refractivity contribution in [2.75, 3.05) is 23.2 Å². The van der Waals surface area contributed by atoms with Crippen molar-refractivity contribution in [2.24, 2.45) is 0 Å². The molecule has 1 aliphatic heterocycles. The smallest absolute Gasteiger partial charge is 0.412 e. The van der Waals surface area contributed by atoms with E-state index in [1.54, 1.807) is 78.9 Å². The van der Waals surface area contributed by atoms with Gasteiger partial charge in [-0.15, -0.1) is 0 Å². The summed E-state index contributed by atoms with van der Waals surface area (Å²) < 4.78 is 23.6. The number of nitrogens with two attached hydrogens (primary N) is 1. The van der Waals surface area contributed by atoms with Crippen LogP contribution in [0.1, 0.15) is 11.7 Å². The Morgan fingerprint density at radius 1 is 0.929 bits per heavy atom. The molecular formula is C31H26IN3O7.